The topological polar surface area (TPSA) is 35.6 Å². The smallest absolute Gasteiger partial charge is 0.317 e. The van der Waals surface area contributed by atoms with E-state index >= 15 is 0 Å². The Bertz CT molecular complexity index is 530. The normalized spacial score (nSPS) is 21.3. The van der Waals surface area contributed by atoms with E-state index in [1.54, 1.807) is 0 Å². The zero-order chi connectivity index (χ0) is 14.8. The van der Waals surface area contributed by atoms with E-state index in [2.05, 4.69) is 23.2 Å². The number of amides is 2. The molecule has 21 heavy (non-hydrogen) atoms. The van der Waals surface area contributed by atoms with Crippen LogP contribution in [-0.4, -0.2) is 43.7 Å². The van der Waals surface area contributed by atoms with Gasteiger partial charge in [0, 0.05) is 43.4 Å². The fourth-order valence-electron chi connectivity index (χ4n) is 3.00. The van der Waals surface area contributed by atoms with E-state index in [0.717, 1.165) is 50.6 Å². The Hall–Kier alpha value is -1.42. The third-order valence-electron chi connectivity index (χ3n) is 4.48. The predicted molar refractivity (Wildman–Crippen MR) is 86.1 cm³/mol. The number of rotatable bonds is 3. The highest BCUT2D eigenvalue weighted by Crippen LogP contribution is 2.29. The predicted octanol–water partition coefficient (Wildman–Crippen LogP) is 2.89. The number of aryl methyl sites for hydroxylation is 1. The van der Waals surface area contributed by atoms with Crippen LogP contribution in [0.4, 0.5) is 10.5 Å². The molecule has 1 aromatic carbocycles. The number of halogens is 1. The summed E-state index contributed by atoms with van der Waals surface area (Å²) in [7, 11) is 0. The minimum absolute atomic E-state index is 0.0960. The SMILES string of the molecule is Cc1ccc(Cl)cc1N1CCC(CNC(=O)N2CCC2)C1. The van der Waals surface area contributed by atoms with Gasteiger partial charge in [-0.25, -0.2) is 4.79 Å². The van der Waals surface area contributed by atoms with Crippen LogP contribution >= 0.6 is 11.6 Å². The lowest BCUT2D eigenvalue weighted by Gasteiger charge is -2.31. The van der Waals surface area contributed by atoms with Gasteiger partial charge in [0.25, 0.3) is 0 Å². The highest BCUT2D eigenvalue weighted by Gasteiger charge is 2.26. The molecule has 1 atom stereocenters. The third-order valence-corrected chi connectivity index (χ3v) is 4.72. The molecule has 0 aliphatic carbocycles. The molecule has 0 bridgehead atoms. The standard InChI is InChI=1S/C16H22ClN3O/c1-12-3-4-14(17)9-15(12)20-8-5-13(11-20)10-18-16(21)19-6-2-7-19/h3-4,9,13H,2,5-8,10-11H2,1H3,(H,18,21). The zero-order valence-corrected chi connectivity index (χ0v) is 13.2. The van der Waals surface area contributed by atoms with Gasteiger partial charge in [-0.2, -0.15) is 0 Å². The number of carbonyl (C=O) groups is 1. The number of urea groups is 1. The molecule has 0 spiro atoms. The molecule has 5 heteroatoms. The quantitative estimate of drug-likeness (QED) is 0.932. The highest BCUT2D eigenvalue weighted by atomic mass is 35.5. The zero-order valence-electron chi connectivity index (χ0n) is 12.4. The second-order valence-electron chi connectivity index (χ2n) is 6.06. The summed E-state index contributed by atoms with van der Waals surface area (Å²) in [5.74, 6) is 0.522. The summed E-state index contributed by atoms with van der Waals surface area (Å²) in [5, 5.41) is 3.84. The van der Waals surface area contributed by atoms with Crippen molar-refractivity contribution in [2.45, 2.75) is 19.8 Å². The maximum absolute atomic E-state index is 11.8. The number of carbonyl (C=O) groups excluding carboxylic acids is 1. The van der Waals surface area contributed by atoms with Gasteiger partial charge in [-0.1, -0.05) is 17.7 Å². The first kappa shape index (κ1) is 14.5. The summed E-state index contributed by atoms with van der Waals surface area (Å²) in [6.07, 6.45) is 2.25. The van der Waals surface area contributed by atoms with Gasteiger partial charge >= 0.3 is 6.03 Å². The van der Waals surface area contributed by atoms with Crippen molar-refractivity contribution in [2.75, 3.05) is 37.6 Å². The largest absolute Gasteiger partial charge is 0.371 e. The molecule has 3 rings (SSSR count). The molecule has 2 heterocycles. The molecule has 2 aliphatic rings. The molecule has 4 nitrogen and oxygen atoms in total. The molecule has 114 valence electrons. The fourth-order valence-corrected chi connectivity index (χ4v) is 3.17. The molecule has 2 amide bonds. The summed E-state index contributed by atoms with van der Waals surface area (Å²) in [4.78, 5) is 16.1. The second-order valence-corrected chi connectivity index (χ2v) is 6.49. The van der Waals surface area contributed by atoms with E-state index in [-0.39, 0.29) is 6.03 Å². The molecule has 0 saturated carbocycles. The lowest BCUT2D eigenvalue weighted by atomic mass is 10.1. The van der Waals surface area contributed by atoms with Gasteiger partial charge in [-0.05, 0) is 43.4 Å². The Morgan fingerprint density at radius 3 is 2.90 bits per heavy atom. The number of nitrogens with zero attached hydrogens (tertiary/aromatic N) is 2. The summed E-state index contributed by atoms with van der Waals surface area (Å²) in [5.41, 5.74) is 2.48. The van der Waals surface area contributed by atoms with Gasteiger partial charge in [0.15, 0.2) is 0 Å². The Kier molecular flexibility index (Phi) is 4.24. The van der Waals surface area contributed by atoms with Crippen LogP contribution in [0.2, 0.25) is 5.02 Å². The van der Waals surface area contributed by atoms with Crippen molar-refractivity contribution in [3.8, 4) is 0 Å². The van der Waals surface area contributed by atoms with E-state index in [0.29, 0.717) is 5.92 Å². The van der Waals surface area contributed by atoms with Gasteiger partial charge in [-0.15, -0.1) is 0 Å². The molecule has 0 aromatic heterocycles. The first-order valence-electron chi connectivity index (χ1n) is 7.67. The molecule has 1 aromatic rings. The van der Waals surface area contributed by atoms with E-state index in [1.807, 2.05) is 17.0 Å². The Morgan fingerprint density at radius 1 is 1.38 bits per heavy atom. The average Bonchev–Trinajstić information content (AvgIpc) is 2.86. The summed E-state index contributed by atoms with van der Waals surface area (Å²) in [6.45, 7) is 6.72. The van der Waals surface area contributed by atoms with Crippen LogP contribution in [0, 0.1) is 12.8 Å². The number of hydrogen-bond donors (Lipinski definition) is 1. The van der Waals surface area contributed by atoms with Crippen molar-refractivity contribution >= 4 is 23.3 Å². The van der Waals surface area contributed by atoms with Crippen LogP contribution in [0.3, 0.4) is 0 Å². The molecule has 1 unspecified atom stereocenters. The van der Waals surface area contributed by atoms with Crippen molar-refractivity contribution in [3.05, 3.63) is 28.8 Å². The van der Waals surface area contributed by atoms with E-state index in [9.17, 15) is 4.79 Å². The Morgan fingerprint density at radius 2 is 2.19 bits per heavy atom. The second kappa shape index (κ2) is 6.14. The first-order chi connectivity index (χ1) is 10.1. The van der Waals surface area contributed by atoms with Gasteiger partial charge in [0.1, 0.15) is 0 Å². The molecule has 0 radical (unpaired) electrons. The maximum atomic E-state index is 11.8. The van der Waals surface area contributed by atoms with Gasteiger partial charge in [0.05, 0.1) is 0 Å². The minimum Gasteiger partial charge on any atom is -0.371 e. The average molecular weight is 308 g/mol. The maximum Gasteiger partial charge on any atom is 0.317 e. The lowest BCUT2D eigenvalue weighted by molar-refractivity contribution is 0.166. The summed E-state index contributed by atoms with van der Waals surface area (Å²) in [6, 6.07) is 6.13. The molecule has 2 saturated heterocycles. The summed E-state index contributed by atoms with van der Waals surface area (Å²) < 4.78 is 0. The number of anilines is 1. The monoisotopic (exact) mass is 307 g/mol. The fraction of sp³-hybridized carbons (Fsp3) is 0.562. The van der Waals surface area contributed by atoms with Gasteiger partial charge < -0.3 is 15.1 Å². The van der Waals surface area contributed by atoms with Gasteiger partial charge in [0.2, 0.25) is 0 Å². The van der Waals surface area contributed by atoms with Crippen molar-refractivity contribution in [1.82, 2.24) is 10.2 Å². The van der Waals surface area contributed by atoms with Crippen molar-refractivity contribution in [1.29, 1.82) is 0 Å². The summed E-state index contributed by atoms with van der Waals surface area (Å²) >= 11 is 6.10. The van der Waals surface area contributed by atoms with Crippen molar-refractivity contribution in [3.63, 3.8) is 0 Å². The number of nitrogens with one attached hydrogen (secondary N) is 1. The van der Waals surface area contributed by atoms with Crippen LogP contribution in [0.5, 0.6) is 0 Å². The number of benzene rings is 1. The van der Waals surface area contributed by atoms with Crippen molar-refractivity contribution < 1.29 is 4.79 Å². The Labute approximate surface area is 131 Å². The van der Waals surface area contributed by atoms with Crippen LogP contribution in [-0.2, 0) is 0 Å². The molecule has 1 N–H and O–H groups in total. The van der Waals surface area contributed by atoms with Crippen LogP contribution < -0.4 is 10.2 Å². The van der Waals surface area contributed by atoms with Crippen LogP contribution in [0.15, 0.2) is 18.2 Å². The molecule has 2 aliphatic heterocycles. The number of likely N-dealkylation sites (tertiary alicyclic amines) is 1. The Balaban J connectivity index is 1.53. The van der Waals surface area contributed by atoms with Crippen LogP contribution in [0.25, 0.3) is 0 Å². The number of hydrogen-bond acceptors (Lipinski definition) is 2. The minimum atomic E-state index is 0.0960. The van der Waals surface area contributed by atoms with Crippen molar-refractivity contribution in [2.24, 2.45) is 5.92 Å². The lowest BCUT2D eigenvalue weighted by Crippen LogP contribution is -2.48. The van der Waals surface area contributed by atoms with Gasteiger partial charge in [-0.3, -0.25) is 0 Å². The van der Waals surface area contributed by atoms with Crippen LogP contribution in [0.1, 0.15) is 18.4 Å². The highest BCUT2D eigenvalue weighted by molar-refractivity contribution is 6.30. The van der Waals surface area contributed by atoms with E-state index in [4.69, 9.17) is 11.6 Å². The molecule has 2 fully saturated rings. The van der Waals surface area contributed by atoms with E-state index < -0.39 is 0 Å². The molecular weight excluding hydrogens is 286 g/mol. The van der Waals surface area contributed by atoms with E-state index in [1.165, 1.54) is 11.3 Å². The molecular formula is C16H22ClN3O. The first-order valence-corrected chi connectivity index (χ1v) is 8.05. The third kappa shape index (κ3) is 3.26.